The molecule has 0 bridgehead atoms. The van der Waals surface area contributed by atoms with Crippen LogP contribution in [-0.4, -0.2) is 72.2 Å². The highest BCUT2D eigenvalue weighted by molar-refractivity contribution is 5.96. The highest BCUT2D eigenvalue weighted by atomic mass is 16.7. The van der Waals surface area contributed by atoms with E-state index < -0.39 is 11.9 Å². The Balaban J connectivity index is 0.000000208. The highest BCUT2D eigenvalue weighted by Crippen LogP contribution is 2.28. The third kappa shape index (κ3) is 8.24. The molecule has 2 aliphatic rings. The van der Waals surface area contributed by atoms with E-state index in [4.69, 9.17) is 28.9 Å². The van der Waals surface area contributed by atoms with Gasteiger partial charge < -0.3 is 34.3 Å². The van der Waals surface area contributed by atoms with Gasteiger partial charge in [-0.3, -0.25) is 9.63 Å². The topological polar surface area (TPSA) is 144 Å². The molecular weight excluding hydrogens is 486 g/mol. The van der Waals surface area contributed by atoms with Crippen molar-refractivity contribution in [2.45, 2.75) is 51.1 Å². The summed E-state index contributed by atoms with van der Waals surface area (Å²) in [6.45, 7) is 1.36. The largest absolute Gasteiger partial charge is 0.507 e. The van der Waals surface area contributed by atoms with E-state index in [2.05, 4.69) is 0 Å². The van der Waals surface area contributed by atoms with E-state index in [0.717, 1.165) is 43.6 Å². The number of phenolic OH excluding ortho intramolecular Hbond substituents is 1. The minimum absolute atomic E-state index is 0.137. The molecule has 202 valence electrons. The Bertz CT molecular complexity index is 1050. The Labute approximate surface area is 215 Å². The normalized spacial score (nSPS) is 19.2. The summed E-state index contributed by atoms with van der Waals surface area (Å²) in [5.74, 6) is -1.14. The van der Waals surface area contributed by atoms with E-state index in [1.807, 2.05) is 0 Å². The number of rotatable bonds is 7. The summed E-state index contributed by atoms with van der Waals surface area (Å²) < 4.78 is 22.0. The molecule has 11 nitrogen and oxygen atoms in total. The molecule has 2 fully saturated rings. The molecule has 0 aliphatic carbocycles. The molecule has 2 unspecified atom stereocenters. The van der Waals surface area contributed by atoms with Crippen LogP contribution < -0.4 is 9.47 Å². The number of aromatic carboxylic acids is 1. The van der Waals surface area contributed by atoms with Crippen molar-refractivity contribution in [2.75, 3.05) is 27.4 Å². The number of amides is 1. The molecule has 2 atom stereocenters. The second kappa shape index (κ2) is 13.7. The summed E-state index contributed by atoms with van der Waals surface area (Å²) in [6.07, 6.45) is 5.22. The van der Waals surface area contributed by atoms with Crippen molar-refractivity contribution in [3.05, 3.63) is 47.5 Å². The molecular formula is C26H33NO10. The van der Waals surface area contributed by atoms with Crippen molar-refractivity contribution in [1.29, 1.82) is 0 Å². The number of aromatic hydroxyl groups is 2. The van der Waals surface area contributed by atoms with Crippen LogP contribution >= 0.6 is 0 Å². The summed E-state index contributed by atoms with van der Waals surface area (Å²) in [6, 6.07) is 8.67. The fraction of sp³-hybridized carbons (Fsp3) is 0.462. The Morgan fingerprint density at radius 1 is 0.838 bits per heavy atom. The molecule has 37 heavy (non-hydrogen) atoms. The van der Waals surface area contributed by atoms with E-state index in [-0.39, 0.29) is 35.2 Å². The average Bonchev–Trinajstić information content (AvgIpc) is 2.89. The van der Waals surface area contributed by atoms with E-state index in [1.54, 1.807) is 6.07 Å². The van der Waals surface area contributed by atoms with Crippen LogP contribution in [0.1, 0.15) is 59.2 Å². The number of carboxylic acids is 1. The lowest BCUT2D eigenvalue weighted by Crippen LogP contribution is -2.26. The third-order valence-electron chi connectivity index (χ3n) is 5.77. The summed E-state index contributed by atoms with van der Waals surface area (Å²) >= 11 is 0. The van der Waals surface area contributed by atoms with Gasteiger partial charge in [0.1, 0.15) is 28.6 Å². The van der Waals surface area contributed by atoms with Crippen molar-refractivity contribution < 1.29 is 48.7 Å². The number of carbonyl (C=O) groups is 2. The van der Waals surface area contributed by atoms with Gasteiger partial charge in [-0.2, -0.15) is 0 Å². The fourth-order valence-electron chi connectivity index (χ4n) is 3.70. The first-order valence-electron chi connectivity index (χ1n) is 12.1. The Morgan fingerprint density at radius 2 is 1.32 bits per heavy atom. The van der Waals surface area contributed by atoms with E-state index in [9.17, 15) is 19.8 Å². The lowest BCUT2D eigenvalue weighted by atomic mass is 10.1. The average molecular weight is 520 g/mol. The standard InChI is InChI=1S/C14H19NO5.C12H14O5/c1-15(18-2)14(17)11-7-6-10(9-12(11)16)20-13-5-3-4-8-19-13;13-10-7-8(4-5-9(10)12(14)15)17-11-3-1-2-6-16-11/h6-7,9,13,16H,3-5,8H2,1-2H3;4-5,7,11,13H,1-3,6H2,(H,14,15). The number of ether oxygens (including phenoxy) is 4. The predicted molar refractivity (Wildman–Crippen MR) is 131 cm³/mol. The number of phenols is 2. The number of nitrogens with zero attached hydrogens (tertiary/aromatic N) is 1. The lowest BCUT2D eigenvalue weighted by molar-refractivity contribution is -0.106. The molecule has 0 spiro atoms. The van der Waals surface area contributed by atoms with Crippen molar-refractivity contribution in [3.8, 4) is 23.0 Å². The van der Waals surface area contributed by atoms with Crippen molar-refractivity contribution in [3.63, 3.8) is 0 Å². The summed E-state index contributed by atoms with van der Waals surface area (Å²) in [4.78, 5) is 27.4. The zero-order chi connectivity index (χ0) is 26.8. The Hall–Kier alpha value is -3.54. The molecule has 2 aliphatic heterocycles. The van der Waals surface area contributed by atoms with Gasteiger partial charge in [-0.25, -0.2) is 9.86 Å². The number of carboxylic acid groups (broad SMARTS) is 1. The molecule has 11 heteroatoms. The second-order valence-electron chi connectivity index (χ2n) is 8.48. The van der Waals surface area contributed by atoms with Crippen molar-refractivity contribution in [1.82, 2.24) is 5.06 Å². The first kappa shape index (κ1) is 28.0. The van der Waals surface area contributed by atoms with Gasteiger partial charge in [0.25, 0.3) is 5.91 Å². The molecule has 3 N–H and O–H groups in total. The van der Waals surface area contributed by atoms with E-state index in [0.29, 0.717) is 24.7 Å². The van der Waals surface area contributed by atoms with Crippen LogP contribution in [0.5, 0.6) is 23.0 Å². The van der Waals surface area contributed by atoms with Crippen LogP contribution in [0.25, 0.3) is 0 Å². The van der Waals surface area contributed by atoms with Crippen LogP contribution in [0.15, 0.2) is 36.4 Å². The Morgan fingerprint density at radius 3 is 1.70 bits per heavy atom. The number of hydroxylamine groups is 2. The number of hydrogen-bond acceptors (Lipinski definition) is 9. The quantitative estimate of drug-likeness (QED) is 0.460. The zero-order valence-corrected chi connectivity index (χ0v) is 20.9. The number of carbonyl (C=O) groups excluding carboxylic acids is 1. The maximum atomic E-state index is 11.9. The van der Waals surface area contributed by atoms with Gasteiger partial charge in [-0.05, 0) is 49.9 Å². The highest BCUT2D eigenvalue weighted by Gasteiger charge is 2.19. The van der Waals surface area contributed by atoms with Crippen molar-refractivity contribution in [2.24, 2.45) is 0 Å². The molecule has 4 rings (SSSR count). The fourth-order valence-corrected chi connectivity index (χ4v) is 3.70. The summed E-state index contributed by atoms with van der Waals surface area (Å²) in [5, 5.41) is 29.2. The summed E-state index contributed by atoms with van der Waals surface area (Å²) in [7, 11) is 2.86. The van der Waals surface area contributed by atoms with Gasteiger partial charge in [0.15, 0.2) is 12.6 Å². The van der Waals surface area contributed by atoms with Crippen LogP contribution in [0.3, 0.4) is 0 Å². The first-order valence-corrected chi connectivity index (χ1v) is 12.1. The van der Waals surface area contributed by atoms with Gasteiger partial charge in [-0.1, -0.05) is 0 Å². The molecule has 0 aromatic heterocycles. The van der Waals surface area contributed by atoms with Crippen LogP contribution in [-0.2, 0) is 14.3 Å². The van der Waals surface area contributed by atoms with Gasteiger partial charge >= 0.3 is 5.97 Å². The van der Waals surface area contributed by atoms with Gasteiger partial charge in [0, 0.05) is 32.0 Å². The van der Waals surface area contributed by atoms with Gasteiger partial charge in [0.2, 0.25) is 0 Å². The van der Waals surface area contributed by atoms with Crippen LogP contribution in [0, 0.1) is 0 Å². The first-order chi connectivity index (χ1) is 17.8. The Kier molecular flexibility index (Phi) is 10.4. The summed E-state index contributed by atoms with van der Waals surface area (Å²) in [5.41, 5.74) is 0.0215. The molecule has 2 aromatic rings. The molecule has 2 aromatic carbocycles. The van der Waals surface area contributed by atoms with Crippen LogP contribution in [0.4, 0.5) is 0 Å². The molecule has 2 heterocycles. The SMILES string of the molecule is CON(C)C(=O)c1ccc(OC2CCCCO2)cc1O.O=C(O)c1ccc(OC2CCCCO2)cc1O. The minimum atomic E-state index is -1.16. The second-order valence-corrected chi connectivity index (χ2v) is 8.48. The number of benzene rings is 2. The van der Waals surface area contributed by atoms with E-state index >= 15 is 0 Å². The minimum Gasteiger partial charge on any atom is -0.507 e. The van der Waals surface area contributed by atoms with Gasteiger partial charge in [-0.15, -0.1) is 0 Å². The maximum Gasteiger partial charge on any atom is 0.339 e. The third-order valence-corrected chi connectivity index (χ3v) is 5.77. The van der Waals surface area contributed by atoms with E-state index in [1.165, 1.54) is 44.5 Å². The molecule has 2 saturated heterocycles. The zero-order valence-electron chi connectivity index (χ0n) is 20.9. The lowest BCUT2D eigenvalue weighted by Gasteiger charge is -2.23. The predicted octanol–water partition coefficient (Wildman–Crippen LogP) is 3.93. The molecule has 0 saturated carbocycles. The molecule has 0 radical (unpaired) electrons. The van der Waals surface area contributed by atoms with Crippen molar-refractivity contribution >= 4 is 11.9 Å². The van der Waals surface area contributed by atoms with Crippen LogP contribution in [0.2, 0.25) is 0 Å². The number of hydrogen-bond donors (Lipinski definition) is 3. The smallest absolute Gasteiger partial charge is 0.339 e. The van der Waals surface area contributed by atoms with Gasteiger partial charge in [0.05, 0.1) is 25.9 Å². The monoisotopic (exact) mass is 519 g/mol. The molecule has 1 amide bonds. The maximum absolute atomic E-state index is 11.9.